The summed E-state index contributed by atoms with van der Waals surface area (Å²) in [4.78, 5) is 34.1. The van der Waals surface area contributed by atoms with Crippen LogP contribution in [0.5, 0.6) is 5.88 Å². The van der Waals surface area contributed by atoms with E-state index >= 15 is 0 Å². The number of hydrogen-bond donors (Lipinski definition) is 1. The van der Waals surface area contributed by atoms with Gasteiger partial charge in [0, 0.05) is 35.2 Å². The zero-order chi connectivity index (χ0) is 30.8. The summed E-state index contributed by atoms with van der Waals surface area (Å²) in [7, 11) is 0. The third kappa shape index (κ3) is 6.83. The van der Waals surface area contributed by atoms with Crippen LogP contribution in [0.1, 0.15) is 60.8 Å². The number of ether oxygens (including phenoxy) is 1. The molecule has 1 fully saturated rings. The lowest BCUT2D eigenvalue weighted by Crippen LogP contribution is -2.45. The molecule has 228 valence electrons. The van der Waals surface area contributed by atoms with E-state index in [0.29, 0.717) is 23.9 Å². The molecule has 8 nitrogen and oxygen atoms in total. The zero-order valence-electron chi connectivity index (χ0n) is 26.1. The van der Waals surface area contributed by atoms with Gasteiger partial charge in [-0.25, -0.2) is 9.97 Å². The van der Waals surface area contributed by atoms with Gasteiger partial charge in [-0.15, -0.1) is 0 Å². The van der Waals surface area contributed by atoms with Crippen molar-refractivity contribution in [2.24, 2.45) is 5.41 Å². The lowest BCUT2D eigenvalue weighted by Gasteiger charge is -2.36. The molecule has 1 amide bonds. The van der Waals surface area contributed by atoms with Crippen molar-refractivity contribution < 1.29 is 9.53 Å². The molecule has 4 aromatic rings. The number of carbonyl (C=O) groups is 1. The number of nitrogens with one attached hydrogen (secondary N) is 1. The second-order valence-electron chi connectivity index (χ2n) is 12.9. The number of rotatable bonds is 5. The number of fused-ring (bicyclic) bond motifs is 4. The Morgan fingerprint density at radius 1 is 0.955 bits per heavy atom. The minimum Gasteiger partial charge on any atom is -0.475 e. The Kier molecular flexibility index (Phi) is 8.49. The number of pyridine rings is 1. The third-order valence-corrected chi connectivity index (χ3v) is 8.83. The molecule has 0 aliphatic carbocycles. The van der Waals surface area contributed by atoms with Crippen LogP contribution in [0.15, 0.2) is 71.6 Å². The number of hydrogen-bond acceptors (Lipinski definition) is 8. The molecule has 0 unspecified atom stereocenters. The predicted molar refractivity (Wildman–Crippen MR) is 177 cm³/mol. The van der Waals surface area contributed by atoms with Crippen LogP contribution >= 0.6 is 11.9 Å². The van der Waals surface area contributed by atoms with Crippen LogP contribution in [-0.4, -0.2) is 51.5 Å². The van der Waals surface area contributed by atoms with Gasteiger partial charge in [-0.1, -0.05) is 51.1 Å². The Balaban J connectivity index is 1.42. The highest BCUT2D eigenvalue weighted by atomic mass is 32.2. The van der Waals surface area contributed by atoms with Crippen molar-refractivity contribution in [2.45, 2.75) is 64.9 Å². The van der Waals surface area contributed by atoms with Gasteiger partial charge < -0.3 is 14.5 Å². The fourth-order valence-corrected chi connectivity index (χ4v) is 6.45. The summed E-state index contributed by atoms with van der Waals surface area (Å²) in [6, 6.07) is 21.7. The molecule has 1 atom stereocenters. The Labute approximate surface area is 264 Å². The molecule has 0 spiro atoms. The molecule has 9 heteroatoms. The molecular weight excluding hydrogens is 568 g/mol. The monoisotopic (exact) mass is 608 g/mol. The van der Waals surface area contributed by atoms with Gasteiger partial charge in [0.25, 0.3) is 5.91 Å². The lowest BCUT2D eigenvalue weighted by atomic mass is 9.87. The van der Waals surface area contributed by atoms with E-state index in [9.17, 15) is 4.79 Å². The predicted octanol–water partition coefficient (Wildman–Crippen LogP) is 7.32. The van der Waals surface area contributed by atoms with Crippen molar-refractivity contribution in [3.63, 3.8) is 0 Å². The molecule has 4 bridgehead atoms. The van der Waals surface area contributed by atoms with Gasteiger partial charge in [0.1, 0.15) is 12.4 Å². The number of benzene rings is 2. The first-order chi connectivity index (χ1) is 21.1. The van der Waals surface area contributed by atoms with Crippen LogP contribution in [-0.2, 0) is 6.54 Å². The van der Waals surface area contributed by atoms with Crippen LogP contribution in [0.4, 0.5) is 11.8 Å². The molecule has 0 radical (unpaired) electrons. The van der Waals surface area contributed by atoms with E-state index in [1.54, 1.807) is 0 Å². The SMILES string of the molecule is Cc1cccc(C)c1-c1cc2nc(n1)NSc1cccc(c1)C(=O)N(Cc1cccc(N3CCC3)n1)[C@H](CC(C)(C)C)CO2. The topological polar surface area (TPSA) is 83.5 Å². The zero-order valence-corrected chi connectivity index (χ0v) is 26.9. The maximum atomic E-state index is 14.4. The van der Waals surface area contributed by atoms with Crippen LogP contribution < -0.4 is 14.4 Å². The number of carbonyl (C=O) groups excluding carboxylic acids is 1. The maximum absolute atomic E-state index is 14.4. The number of anilines is 2. The van der Waals surface area contributed by atoms with E-state index in [1.165, 1.54) is 18.4 Å². The Hall–Kier alpha value is -4.11. The van der Waals surface area contributed by atoms with Crippen LogP contribution in [0.25, 0.3) is 11.3 Å². The molecule has 2 aliphatic rings. The molecule has 1 N–H and O–H groups in total. The molecule has 44 heavy (non-hydrogen) atoms. The minimum absolute atomic E-state index is 0.0466. The largest absolute Gasteiger partial charge is 0.475 e. The Bertz CT molecular complexity index is 1650. The quantitative estimate of drug-likeness (QED) is 0.236. The molecule has 2 aromatic carbocycles. The number of nitrogens with zero attached hydrogens (tertiary/aromatic N) is 5. The van der Waals surface area contributed by atoms with Crippen molar-refractivity contribution in [3.05, 3.63) is 89.1 Å². The summed E-state index contributed by atoms with van der Waals surface area (Å²) in [5, 5.41) is 0. The Morgan fingerprint density at radius 2 is 1.70 bits per heavy atom. The second-order valence-corrected chi connectivity index (χ2v) is 13.8. The summed E-state index contributed by atoms with van der Waals surface area (Å²) in [5.41, 5.74) is 5.55. The van der Waals surface area contributed by atoms with Crippen molar-refractivity contribution >= 4 is 29.6 Å². The minimum atomic E-state index is -0.232. The smallest absolute Gasteiger partial charge is 0.254 e. The van der Waals surface area contributed by atoms with Gasteiger partial charge in [-0.3, -0.25) is 9.52 Å². The van der Waals surface area contributed by atoms with Crippen LogP contribution in [0, 0.1) is 19.3 Å². The van der Waals surface area contributed by atoms with Crippen molar-refractivity contribution in [3.8, 4) is 17.1 Å². The highest BCUT2D eigenvalue weighted by Crippen LogP contribution is 2.32. The molecule has 2 aromatic heterocycles. The summed E-state index contributed by atoms with van der Waals surface area (Å²) in [5.74, 6) is 1.84. The van der Waals surface area contributed by atoms with Gasteiger partial charge in [-0.05, 0) is 85.5 Å². The van der Waals surface area contributed by atoms with Crippen molar-refractivity contribution in [1.29, 1.82) is 0 Å². The third-order valence-electron chi connectivity index (χ3n) is 8.06. The highest BCUT2D eigenvalue weighted by Gasteiger charge is 2.31. The van der Waals surface area contributed by atoms with E-state index in [1.807, 2.05) is 53.4 Å². The molecule has 4 heterocycles. The van der Waals surface area contributed by atoms with E-state index in [-0.39, 0.29) is 24.0 Å². The summed E-state index contributed by atoms with van der Waals surface area (Å²) < 4.78 is 9.80. The normalized spacial score (nSPS) is 17.0. The van der Waals surface area contributed by atoms with Gasteiger partial charge in [0.15, 0.2) is 0 Å². The van der Waals surface area contributed by atoms with E-state index in [0.717, 1.165) is 58.3 Å². The standard InChI is InChI=1S/C35H40N6O2S/c1-23-10-6-11-24(2)32(23)29-19-31-38-34(37-29)39-44-28-14-7-12-25(18-28)33(42)41(27(22-43-31)20-35(3,4)5)21-26-13-8-15-30(36-26)40-16-9-17-40/h6-8,10-15,18-19,27H,9,16-17,20-22H2,1-5H3,(H,37,38,39)/t27-/m1/s1. The van der Waals surface area contributed by atoms with E-state index in [4.69, 9.17) is 19.7 Å². The lowest BCUT2D eigenvalue weighted by molar-refractivity contribution is 0.0509. The fourth-order valence-electron chi connectivity index (χ4n) is 5.82. The summed E-state index contributed by atoms with van der Waals surface area (Å²) in [6.07, 6.45) is 1.92. The van der Waals surface area contributed by atoms with Gasteiger partial charge in [-0.2, -0.15) is 4.98 Å². The molecule has 0 saturated carbocycles. The Morgan fingerprint density at radius 3 is 2.43 bits per heavy atom. The molecule has 2 aliphatic heterocycles. The maximum Gasteiger partial charge on any atom is 0.254 e. The highest BCUT2D eigenvalue weighted by molar-refractivity contribution is 8.00. The van der Waals surface area contributed by atoms with Gasteiger partial charge in [0.2, 0.25) is 11.8 Å². The van der Waals surface area contributed by atoms with Crippen molar-refractivity contribution in [1.82, 2.24) is 19.9 Å². The average molecular weight is 609 g/mol. The van der Waals surface area contributed by atoms with E-state index < -0.39 is 0 Å². The molecule has 6 rings (SSSR count). The number of aromatic nitrogens is 3. The first-order valence-corrected chi connectivity index (χ1v) is 16.1. The van der Waals surface area contributed by atoms with Crippen LogP contribution in [0.2, 0.25) is 0 Å². The molecule has 1 saturated heterocycles. The summed E-state index contributed by atoms with van der Waals surface area (Å²) >= 11 is 1.38. The van der Waals surface area contributed by atoms with Gasteiger partial charge in [0.05, 0.1) is 24.0 Å². The van der Waals surface area contributed by atoms with E-state index in [2.05, 4.69) is 62.4 Å². The number of aryl methyl sites for hydroxylation is 2. The first kappa shape index (κ1) is 29.9. The van der Waals surface area contributed by atoms with Crippen molar-refractivity contribution in [2.75, 3.05) is 29.3 Å². The molecular formula is C35H40N6O2S. The average Bonchev–Trinajstić information content (AvgIpc) is 2.95. The summed E-state index contributed by atoms with van der Waals surface area (Å²) in [6.45, 7) is 13.5. The second kappa shape index (κ2) is 12.5. The fraction of sp³-hybridized carbons (Fsp3) is 0.371. The first-order valence-electron chi connectivity index (χ1n) is 15.3. The number of amides is 1. The van der Waals surface area contributed by atoms with Crippen LogP contribution in [0.3, 0.4) is 0 Å². The van der Waals surface area contributed by atoms with Gasteiger partial charge >= 0.3 is 0 Å².